The molecule has 1 aromatic heterocycles. The number of rotatable bonds is 8. The summed E-state index contributed by atoms with van der Waals surface area (Å²) in [5.41, 5.74) is 3.41. The van der Waals surface area contributed by atoms with E-state index in [1.807, 2.05) is 43.3 Å². The predicted molar refractivity (Wildman–Crippen MR) is 160 cm³/mol. The number of fused-ring (bicyclic) bond motifs is 1. The van der Waals surface area contributed by atoms with Gasteiger partial charge < -0.3 is 19.1 Å². The van der Waals surface area contributed by atoms with Gasteiger partial charge in [-0.25, -0.2) is 18.6 Å². The number of carbonyl (C=O) groups is 1. The van der Waals surface area contributed by atoms with E-state index in [9.17, 15) is 18.4 Å². The Morgan fingerprint density at radius 1 is 1.05 bits per heavy atom. The summed E-state index contributed by atoms with van der Waals surface area (Å²) in [7, 11) is 6.66. The Morgan fingerprint density at radius 2 is 1.77 bits per heavy atom. The van der Waals surface area contributed by atoms with Crippen molar-refractivity contribution in [2.24, 2.45) is 4.99 Å². The molecule has 1 aliphatic rings. The molecule has 8 nitrogen and oxygen atoms in total. The van der Waals surface area contributed by atoms with Gasteiger partial charge in [-0.05, 0) is 60.5 Å². The number of anilines is 1. The summed E-state index contributed by atoms with van der Waals surface area (Å²) < 4.78 is 45.4. The van der Waals surface area contributed by atoms with Gasteiger partial charge in [-0.3, -0.25) is 9.36 Å². The molecule has 3 aromatic carbocycles. The number of benzene rings is 3. The Labute approximate surface area is 250 Å². The maximum atomic E-state index is 14.1. The lowest BCUT2D eigenvalue weighted by Crippen LogP contribution is -2.39. The molecular formula is C32H29F2N3O5S. The topological polar surface area (TPSA) is 82.4 Å². The standard InChI is InChI=1S/C32H29F2N3O5S/c1-18-28(31(39)41-5)29(20-7-10-23(11-8-20)36(2)3)37-30(38)27(43-32(37)35-18)15-19-6-12-25(40-4)21(14-19)17-42-26-13-9-22(33)16-24(26)34/h6-16,29H,17H2,1-5H3. The Kier molecular flexibility index (Phi) is 8.45. The van der Waals surface area contributed by atoms with Crippen molar-refractivity contribution in [2.45, 2.75) is 19.6 Å². The van der Waals surface area contributed by atoms with Crippen LogP contribution in [0.15, 0.2) is 81.7 Å². The number of nitrogens with zero attached hydrogens (tertiary/aromatic N) is 3. The second-order valence-corrected chi connectivity index (χ2v) is 11.0. The summed E-state index contributed by atoms with van der Waals surface area (Å²) in [5, 5.41) is 0. The number of methoxy groups -OCH3 is 2. The highest BCUT2D eigenvalue weighted by atomic mass is 32.1. The molecule has 0 amide bonds. The lowest BCUT2D eigenvalue weighted by atomic mass is 9.95. The van der Waals surface area contributed by atoms with Crippen LogP contribution in [0.3, 0.4) is 0 Å². The number of hydrogen-bond donors (Lipinski definition) is 0. The number of aromatic nitrogens is 1. The van der Waals surface area contributed by atoms with Crippen LogP contribution >= 0.6 is 11.3 Å². The van der Waals surface area contributed by atoms with Gasteiger partial charge in [0.15, 0.2) is 16.4 Å². The largest absolute Gasteiger partial charge is 0.496 e. The molecule has 1 unspecified atom stereocenters. The Hall–Kier alpha value is -4.77. The van der Waals surface area contributed by atoms with Crippen molar-refractivity contribution in [3.05, 3.63) is 120 Å². The zero-order chi connectivity index (χ0) is 30.8. The van der Waals surface area contributed by atoms with Crippen molar-refractivity contribution in [3.8, 4) is 11.5 Å². The smallest absolute Gasteiger partial charge is 0.338 e. The third-order valence-corrected chi connectivity index (χ3v) is 8.01. The van der Waals surface area contributed by atoms with Gasteiger partial charge in [0.05, 0.1) is 36.1 Å². The molecule has 0 saturated heterocycles. The predicted octanol–water partition coefficient (Wildman–Crippen LogP) is 4.34. The van der Waals surface area contributed by atoms with E-state index in [4.69, 9.17) is 14.2 Å². The van der Waals surface area contributed by atoms with E-state index in [-0.39, 0.29) is 23.5 Å². The molecule has 0 fully saturated rings. The summed E-state index contributed by atoms with van der Waals surface area (Å²) in [4.78, 5) is 33.8. The molecule has 5 rings (SSSR count). The van der Waals surface area contributed by atoms with Gasteiger partial charge in [-0.15, -0.1) is 0 Å². The summed E-state index contributed by atoms with van der Waals surface area (Å²) in [6, 6.07) is 15.2. The first-order valence-electron chi connectivity index (χ1n) is 13.2. The van der Waals surface area contributed by atoms with E-state index < -0.39 is 23.6 Å². The van der Waals surface area contributed by atoms with Gasteiger partial charge in [0.25, 0.3) is 5.56 Å². The molecule has 4 aromatic rings. The van der Waals surface area contributed by atoms with E-state index in [0.29, 0.717) is 31.9 Å². The number of esters is 1. The van der Waals surface area contributed by atoms with E-state index in [0.717, 1.165) is 23.4 Å². The zero-order valence-corrected chi connectivity index (χ0v) is 25.0. The van der Waals surface area contributed by atoms with Crippen molar-refractivity contribution < 1.29 is 27.8 Å². The van der Waals surface area contributed by atoms with Gasteiger partial charge in [-0.2, -0.15) is 0 Å². The molecule has 0 bridgehead atoms. The Balaban J connectivity index is 1.57. The highest BCUT2D eigenvalue weighted by Gasteiger charge is 2.33. The van der Waals surface area contributed by atoms with E-state index in [1.54, 1.807) is 31.2 Å². The number of thiazole rings is 1. The minimum atomic E-state index is -0.816. The minimum absolute atomic E-state index is 0.0563. The van der Waals surface area contributed by atoms with Crippen molar-refractivity contribution in [2.75, 3.05) is 33.2 Å². The molecule has 0 saturated carbocycles. The normalized spacial score (nSPS) is 14.7. The third-order valence-electron chi connectivity index (χ3n) is 7.03. The third kappa shape index (κ3) is 5.94. The molecule has 2 heterocycles. The zero-order valence-electron chi connectivity index (χ0n) is 24.2. The molecule has 222 valence electrons. The molecule has 0 N–H and O–H groups in total. The van der Waals surface area contributed by atoms with Crippen LogP contribution in [-0.2, 0) is 16.1 Å². The van der Waals surface area contributed by atoms with Gasteiger partial charge in [0.2, 0.25) is 0 Å². The van der Waals surface area contributed by atoms with Gasteiger partial charge in [0.1, 0.15) is 18.2 Å². The molecule has 0 radical (unpaired) electrons. The minimum Gasteiger partial charge on any atom is -0.496 e. The monoisotopic (exact) mass is 605 g/mol. The SMILES string of the molecule is COC(=O)C1=C(C)N=c2sc(=Cc3ccc(OC)c(COc4ccc(F)cc4F)c3)c(=O)n2C1c1ccc(N(C)C)cc1. The average molecular weight is 606 g/mol. The molecule has 0 spiro atoms. The number of carbonyl (C=O) groups excluding carboxylic acids is 1. The van der Waals surface area contributed by atoms with E-state index in [1.165, 1.54) is 36.2 Å². The maximum Gasteiger partial charge on any atom is 0.338 e. The summed E-state index contributed by atoms with van der Waals surface area (Å²) in [5.74, 6) is -1.68. The molecule has 1 aliphatic heterocycles. The number of halogens is 2. The summed E-state index contributed by atoms with van der Waals surface area (Å²) in [6.45, 7) is 1.67. The van der Waals surface area contributed by atoms with E-state index >= 15 is 0 Å². The van der Waals surface area contributed by atoms with Crippen LogP contribution in [0, 0.1) is 11.6 Å². The second kappa shape index (κ2) is 12.2. The molecule has 43 heavy (non-hydrogen) atoms. The summed E-state index contributed by atoms with van der Waals surface area (Å²) >= 11 is 1.20. The number of ether oxygens (including phenoxy) is 3. The average Bonchev–Trinajstić information content (AvgIpc) is 3.29. The fraction of sp³-hybridized carbons (Fsp3) is 0.219. The fourth-order valence-electron chi connectivity index (χ4n) is 4.86. The van der Waals surface area contributed by atoms with Crippen LogP contribution in [-0.4, -0.2) is 38.9 Å². The van der Waals surface area contributed by atoms with Crippen LogP contribution in [0.4, 0.5) is 14.5 Å². The molecular weight excluding hydrogens is 576 g/mol. The van der Waals surface area contributed by atoms with Crippen LogP contribution in [0.2, 0.25) is 0 Å². The first-order chi connectivity index (χ1) is 20.6. The lowest BCUT2D eigenvalue weighted by Gasteiger charge is -2.25. The van der Waals surface area contributed by atoms with Gasteiger partial charge in [0, 0.05) is 31.4 Å². The van der Waals surface area contributed by atoms with Gasteiger partial charge >= 0.3 is 5.97 Å². The van der Waals surface area contributed by atoms with Crippen molar-refractivity contribution in [1.29, 1.82) is 0 Å². The van der Waals surface area contributed by atoms with Crippen LogP contribution in [0.5, 0.6) is 11.5 Å². The van der Waals surface area contributed by atoms with E-state index in [2.05, 4.69) is 4.99 Å². The Morgan fingerprint density at radius 3 is 2.42 bits per heavy atom. The first kappa shape index (κ1) is 29.7. The lowest BCUT2D eigenvalue weighted by molar-refractivity contribution is -0.136. The fourth-order valence-corrected chi connectivity index (χ4v) is 5.91. The second-order valence-electron chi connectivity index (χ2n) is 9.99. The highest BCUT2D eigenvalue weighted by Crippen LogP contribution is 2.31. The van der Waals surface area contributed by atoms with Crippen molar-refractivity contribution in [1.82, 2.24) is 4.57 Å². The van der Waals surface area contributed by atoms with Gasteiger partial charge in [-0.1, -0.05) is 29.5 Å². The first-order valence-corrected chi connectivity index (χ1v) is 14.1. The maximum absolute atomic E-state index is 14.1. The molecule has 0 aliphatic carbocycles. The van der Waals surface area contributed by atoms with Crippen LogP contribution < -0.4 is 29.3 Å². The molecule has 11 heteroatoms. The Bertz CT molecular complexity index is 1910. The quantitative estimate of drug-likeness (QED) is 0.278. The van der Waals surface area contributed by atoms with Crippen molar-refractivity contribution >= 4 is 29.1 Å². The van der Waals surface area contributed by atoms with Crippen LogP contribution in [0.25, 0.3) is 6.08 Å². The number of allylic oxidation sites excluding steroid dienone is 1. The number of hydrogen-bond acceptors (Lipinski definition) is 8. The van der Waals surface area contributed by atoms with Crippen molar-refractivity contribution in [3.63, 3.8) is 0 Å². The summed E-state index contributed by atoms with van der Waals surface area (Å²) in [6.07, 6.45) is 1.72. The van der Waals surface area contributed by atoms with Crippen LogP contribution in [0.1, 0.15) is 29.7 Å². The molecule has 1 atom stereocenters. The highest BCUT2D eigenvalue weighted by molar-refractivity contribution is 7.07.